The van der Waals surface area contributed by atoms with Crippen molar-refractivity contribution >= 4 is 21.6 Å². The second-order valence-electron chi connectivity index (χ2n) is 29.5. The smallest absolute Gasteiger partial charge is 0.276 e. The summed E-state index contributed by atoms with van der Waals surface area (Å²) in [6.45, 7) is 21.8. The lowest BCUT2D eigenvalue weighted by atomic mass is 9.95. The van der Waals surface area contributed by atoms with E-state index in [-0.39, 0.29) is 0 Å². The number of rotatable bonds is 47. The number of aliphatic hydroxyl groups excluding tert-OH is 12. The number of aliphatic carboxylic acids is 1. The van der Waals surface area contributed by atoms with Crippen molar-refractivity contribution in [3.8, 4) is 0 Å². The van der Waals surface area contributed by atoms with Crippen LogP contribution >= 0.6 is 15.6 Å². The number of carboxylic acids is 1. The molecular formula is C79H127O28P2-3. The summed E-state index contributed by atoms with van der Waals surface area (Å²) >= 11 is 0. The summed E-state index contributed by atoms with van der Waals surface area (Å²) in [7, 11) is -11.8. The first-order chi connectivity index (χ1) is 51.4. The van der Waals surface area contributed by atoms with Gasteiger partial charge in [0.15, 0.2) is 25.2 Å². The van der Waals surface area contributed by atoms with Gasteiger partial charge in [0.25, 0.3) is 15.6 Å². The zero-order valence-corrected chi connectivity index (χ0v) is 67.5. The molecule has 109 heavy (non-hydrogen) atoms. The Labute approximate surface area is 644 Å². The van der Waals surface area contributed by atoms with Crippen molar-refractivity contribution in [1.29, 1.82) is 0 Å². The molecule has 28 nitrogen and oxygen atoms in total. The van der Waals surface area contributed by atoms with Crippen LogP contribution in [0.5, 0.6) is 0 Å². The summed E-state index contributed by atoms with van der Waals surface area (Å²) in [5, 5.41) is 140. The second kappa shape index (κ2) is 49.8. The van der Waals surface area contributed by atoms with Crippen molar-refractivity contribution in [3.05, 3.63) is 128 Å². The molecule has 4 rings (SSSR count). The van der Waals surface area contributed by atoms with Gasteiger partial charge in [0, 0.05) is 0 Å². The summed E-state index contributed by atoms with van der Waals surface area (Å²) in [5.41, 5.74) is 14.4. The molecule has 12 N–H and O–H groups in total. The number of carbonyl (C=O) groups is 1. The van der Waals surface area contributed by atoms with Crippen molar-refractivity contribution in [1.82, 2.24) is 0 Å². The largest absolute Gasteiger partial charge is 0.756 e. The molecule has 624 valence electrons. The van der Waals surface area contributed by atoms with Gasteiger partial charge in [-0.25, -0.2) is 4.31 Å². The summed E-state index contributed by atoms with van der Waals surface area (Å²) < 4.78 is 77.8. The van der Waals surface area contributed by atoms with E-state index < -0.39 is 171 Å². The van der Waals surface area contributed by atoms with E-state index in [4.69, 9.17) is 37.7 Å². The van der Waals surface area contributed by atoms with Gasteiger partial charge in [0.05, 0.1) is 32.4 Å². The quantitative estimate of drug-likeness (QED) is 0.0211. The Bertz CT molecular complexity index is 3220. The predicted molar refractivity (Wildman–Crippen MR) is 402 cm³/mol. The SMILES string of the molecule is C/C=C(/C)CC/C=C(/C)CC/C=C(/C)CC/C=C(/C)CC/C=C(/C)CC/C=C(/C)CC/C=C(/C)CC/C=C(/C)CC/C=C(\C)CC/C=C(\C)CC/C=C(\C)COP(=O)([O-])OP(=O)([O-])O[C@H]1O[C@H](CO)[C@@H](O[C@@H]2O[C@H](CO)[C@@H](O)[C@H](O[C@H]3O[C@H](CO)[C@@H](O)[C@H](O)[C@@H]3O[C@@H]3O[C@H](C(=O)[O-])[C@@H](O)[C@H](O)[C@H]3O)[C@H]2O)[C@H](O)[C@H]1O. The highest BCUT2D eigenvalue weighted by atomic mass is 31.3. The van der Waals surface area contributed by atoms with Crippen LogP contribution in [-0.2, 0) is 60.4 Å². The minimum Gasteiger partial charge on any atom is -0.756 e. The number of carbonyl (C=O) groups excluding carboxylic acids is 1. The van der Waals surface area contributed by atoms with E-state index in [0.29, 0.717) is 18.4 Å². The monoisotopic (exact) mass is 1590 g/mol. The number of allylic oxidation sites excluding steroid dienone is 21. The number of aliphatic hydroxyl groups is 12. The standard InChI is InChI=1S/C79H130O28P2/c1-13-48(2)24-14-25-49(3)26-15-27-50(4)28-16-29-51(5)30-17-31-52(6)32-18-33-53(7)34-19-35-54(8)36-20-37-55(9)38-21-39-56(10)40-22-41-57(11)42-23-43-58(12)47-98-108(94,95)107-109(96,97)106-78-69(90)67(88)71(61(46-82)101-78)102-77-70(91)72(63(84)60(45-81)99-77)103-79-74(65(86)62(83)59(44-80)100-79)105-76-68(89)64(85)66(87)73(104-76)75(92)93/h13,25,27,29,31,33,35,37,39,41,43,59-74,76-91H,14-24,26,28,30,32,34,36,38,40,42,44-47H2,1-12H3,(H,92,93)(H,94,95)(H,96,97)/p-3/b48-13-,49-25-,50-27-,51-29-,52-31-,53-33-,54-35-,55-37-,56-39+,57-41+,58-43+/t59-,60-,61-,62-,63-,64+,65+,66+,67-,68-,69-,70-,71-,72+,73+,74+,76+,77+,78-,79-/m1/s1. The first kappa shape index (κ1) is 97.5. The number of ether oxygens (including phenoxy) is 7. The Kier molecular flexibility index (Phi) is 44.5. The Morgan fingerprint density at radius 1 is 0.349 bits per heavy atom. The number of hydrogen-bond donors (Lipinski definition) is 12. The van der Waals surface area contributed by atoms with Crippen LogP contribution in [0, 0.1) is 0 Å². The molecule has 0 radical (unpaired) electrons. The lowest BCUT2D eigenvalue weighted by Gasteiger charge is -2.49. The summed E-state index contributed by atoms with van der Waals surface area (Å²) in [6.07, 6.45) is 1.89. The van der Waals surface area contributed by atoms with Crippen LogP contribution in [0.1, 0.15) is 212 Å². The number of carboxylic acid groups (broad SMARTS) is 1. The molecule has 4 aliphatic heterocycles. The molecule has 0 aromatic carbocycles. The van der Waals surface area contributed by atoms with E-state index in [1.54, 1.807) is 13.0 Å². The molecule has 0 saturated carbocycles. The molecular weight excluding hydrogens is 1460 g/mol. The summed E-state index contributed by atoms with van der Waals surface area (Å²) in [6, 6.07) is 0. The van der Waals surface area contributed by atoms with Crippen LogP contribution in [0.15, 0.2) is 128 Å². The van der Waals surface area contributed by atoms with Gasteiger partial charge >= 0.3 is 0 Å². The fraction of sp³-hybridized carbons (Fsp3) is 0.709. The molecule has 0 spiro atoms. The van der Waals surface area contributed by atoms with E-state index in [1.807, 2.05) is 6.92 Å². The minimum atomic E-state index is -6.08. The van der Waals surface area contributed by atoms with E-state index in [0.717, 1.165) is 121 Å². The third kappa shape index (κ3) is 34.6. The van der Waals surface area contributed by atoms with Gasteiger partial charge in [-0.05, 0) is 212 Å². The van der Waals surface area contributed by atoms with Crippen LogP contribution in [0.25, 0.3) is 0 Å². The lowest BCUT2D eigenvalue weighted by molar-refractivity contribution is -0.398. The molecule has 4 heterocycles. The number of phosphoric ester groups is 2. The Morgan fingerprint density at radius 2 is 0.661 bits per heavy atom. The maximum absolute atomic E-state index is 13.0. The minimum absolute atomic E-state index is 0.406. The number of phosphoric acid groups is 2. The highest BCUT2D eigenvalue weighted by Crippen LogP contribution is 2.57. The van der Waals surface area contributed by atoms with Gasteiger partial charge in [-0.1, -0.05) is 128 Å². The normalized spacial score (nSPS) is 32.0. The van der Waals surface area contributed by atoms with Crippen LogP contribution in [-0.4, -0.2) is 216 Å². The van der Waals surface area contributed by atoms with Crippen molar-refractivity contribution in [3.63, 3.8) is 0 Å². The molecule has 0 amide bonds. The van der Waals surface area contributed by atoms with E-state index in [9.17, 15) is 90.1 Å². The Hall–Kier alpha value is -3.89. The van der Waals surface area contributed by atoms with Crippen molar-refractivity contribution in [2.75, 3.05) is 26.4 Å². The zero-order valence-electron chi connectivity index (χ0n) is 65.7. The van der Waals surface area contributed by atoms with Crippen molar-refractivity contribution in [2.24, 2.45) is 0 Å². The Balaban J connectivity index is 1.14. The summed E-state index contributed by atoms with van der Waals surface area (Å²) in [4.78, 5) is 37.4. The molecule has 4 aliphatic rings. The van der Waals surface area contributed by atoms with E-state index in [2.05, 4.69) is 139 Å². The zero-order chi connectivity index (χ0) is 81.3. The lowest BCUT2D eigenvalue weighted by Crippen LogP contribution is -2.68. The van der Waals surface area contributed by atoms with Gasteiger partial charge in [-0.3, -0.25) is 13.7 Å². The molecule has 0 aliphatic carbocycles. The van der Waals surface area contributed by atoms with Gasteiger partial charge in [0.1, 0.15) is 97.7 Å². The molecule has 0 aromatic rings. The predicted octanol–water partition coefficient (Wildman–Crippen LogP) is 7.23. The Morgan fingerprint density at radius 3 is 1.04 bits per heavy atom. The highest BCUT2D eigenvalue weighted by molar-refractivity contribution is 7.59. The fourth-order valence-electron chi connectivity index (χ4n) is 12.6. The van der Waals surface area contributed by atoms with Crippen LogP contribution in [0.4, 0.5) is 0 Å². The van der Waals surface area contributed by atoms with E-state index in [1.165, 1.54) is 50.2 Å². The van der Waals surface area contributed by atoms with Crippen molar-refractivity contribution < 1.29 is 137 Å². The molecule has 22 atom stereocenters. The molecule has 0 bridgehead atoms. The van der Waals surface area contributed by atoms with Gasteiger partial charge in [-0.15, -0.1) is 0 Å². The topological polar surface area (TPSA) is 455 Å². The molecule has 30 heteroatoms. The van der Waals surface area contributed by atoms with Gasteiger partial charge < -0.3 is 119 Å². The highest BCUT2D eigenvalue weighted by Gasteiger charge is 2.56. The third-order valence-electron chi connectivity index (χ3n) is 19.8. The van der Waals surface area contributed by atoms with Gasteiger partial charge in [0.2, 0.25) is 0 Å². The van der Waals surface area contributed by atoms with Crippen LogP contribution in [0.2, 0.25) is 0 Å². The van der Waals surface area contributed by atoms with E-state index >= 15 is 0 Å². The van der Waals surface area contributed by atoms with Crippen LogP contribution < -0.4 is 14.9 Å². The third-order valence-corrected chi connectivity index (χ3v) is 22.3. The maximum atomic E-state index is 13.0. The average Bonchev–Trinajstić information content (AvgIpc) is 0.774. The molecule has 4 fully saturated rings. The summed E-state index contributed by atoms with van der Waals surface area (Å²) in [5.74, 6) is -2.07. The first-order valence-electron chi connectivity index (χ1n) is 38.0. The molecule has 0 aromatic heterocycles. The van der Waals surface area contributed by atoms with Crippen molar-refractivity contribution in [2.45, 2.75) is 334 Å². The van der Waals surface area contributed by atoms with Crippen LogP contribution in [0.3, 0.4) is 0 Å². The average molecular weight is 1590 g/mol. The first-order valence-corrected chi connectivity index (χ1v) is 41.0. The molecule has 2 unspecified atom stereocenters. The molecule has 4 saturated heterocycles. The van der Waals surface area contributed by atoms with Gasteiger partial charge in [-0.2, -0.15) is 0 Å². The maximum Gasteiger partial charge on any atom is 0.276 e. The number of hydrogen-bond acceptors (Lipinski definition) is 28. The fourth-order valence-corrected chi connectivity index (χ4v) is 14.7. The second-order valence-corrected chi connectivity index (χ2v) is 32.4.